The van der Waals surface area contributed by atoms with Crippen LogP contribution in [0.2, 0.25) is 0 Å². The maximum absolute atomic E-state index is 12.7. The van der Waals surface area contributed by atoms with Crippen molar-refractivity contribution in [1.29, 1.82) is 0 Å². The molecule has 3 aromatic rings. The highest BCUT2D eigenvalue weighted by atomic mass is 32.2. The smallest absolute Gasteiger partial charge is 0.293 e. The molecular formula is C20H20N4O3S2. The summed E-state index contributed by atoms with van der Waals surface area (Å²) in [4.78, 5) is 30.4. The van der Waals surface area contributed by atoms with Crippen molar-refractivity contribution in [3.8, 4) is 0 Å². The number of nitrogens with one attached hydrogen (secondary N) is 1. The number of thioether (sulfide) groups is 1. The number of anilines is 2. The van der Waals surface area contributed by atoms with Gasteiger partial charge in [0.05, 0.1) is 15.1 Å². The van der Waals surface area contributed by atoms with Crippen molar-refractivity contribution in [1.82, 2.24) is 4.98 Å². The average molecular weight is 429 g/mol. The van der Waals surface area contributed by atoms with Gasteiger partial charge in [0, 0.05) is 30.4 Å². The summed E-state index contributed by atoms with van der Waals surface area (Å²) < 4.78 is 1.95. The van der Waals surface area contributed by atoms with E-state index >= 15 is 0 Å². The van der Waals surface area contributed by atoms with Crippen molar-refractivity contribution in [3.63, 3.8) is 0 Å². The van der Waals surface area contributed by atoms with Gasteiger partial charge in [0.15, 0.2) is 4.34 Å². The first-order chi connectivity index (χ1) is 14.0. The van der Waals surface area contributed by atoms with Gasteiger partial charge in [-0.3, -0.25) is 14.9 Å². The van der Waals surface area contributed by atoms with Gasteiger partial charge in [-0.2, -0.15) is 0 Å². The van der Waals surface area contributed by atoms with Crippen molar-refractivity contribution in [3.05, 3.63) is 52.1 Å². The van der Waals surface area contributed by atoms with E-state index in [-0.39, 0.29) is 17.2 Å². The van der Waals surface area contributed by atoms with Crippen LogP contribution >= 0.6 is 23.1 Å². The number of aromatic nitrogens is 1. The summed E-state index contributed by atoms with van der Waals surface area (Å²) in [5.41, 5.74) is 2.36. The minimum absolute atomic E-state index is 0.0259. The molecule has 1 amide bonds. The first kappa shape index (κ1) is 19.7. The topological polar surface area (TPSA) is 88.4 Å². The Kier molecular flexibility index (Phi) is 5.68. The molecule has 4 rings (SSSR count). The molecule has 0 radical (unpaired) electrons. The lowest BCUT2D eigenvalue weighted by atomic mass is 10.1. The maximum Gasteiger partial charge on any atom is 0.293 e. The van der Waals surface area contributed by atoms with Crippen LogP contribution in [0.4, 0.5) is 17.1 Å². The Balaban J connectivity index is 1.58. The number of carbonyl (C=O) groups excluding carboxylic acids is 1. The molecule has 29 heavy (non-hydrogen) atoms. The molecule has 0 bridgehead atoms. The summed E-state index contributed by atoms with van der Waals surface area (Å²) in [6, 6.07) is 10.2. The number of piperidine rings is 1. The Bertz CT molecular complexity index is 1080. The molecule has 2 aromatic carbocycles. The molecule has 9 heteroatoms. The third kappa shape index (κ3) is 4.20. The summed E-state index contributed by atoms with van der Waals surface area (Å²) in [5.74, 6) is -0.368. The third-order valence-electron chi connectivity index (χ3n) is 4.93. The Morgan fingerprint density at radius 3 is 2.72 bits per heavy atom. The van der Waals surface area contributed by atoms with Gasteiger partial charge in [-0.05, 0) is 55.9 Å². The monoisotopic (exact) mass is 428 g/mol. The van der Waals surface area contributed by atoms with E-state index in [2.05, 4.69) is 10.3 Å². The molecule has 1 aromatic heterocycles. The standard InChI is InChI=1S/C20H20N4O3S2/c1-28-20-22-15-7-6-14(12-18(15)29-20)21-19(25)13-5-8-16(17(11-13)24(26)27)23-9-3-2-4-10-23/h5-8,11-12H,2-4,9-10H2,1H3,(H,21,25). The SMILES string of the molecule is CSc1nc2ccc(NC(=O)c3ccc(N4CCCCC4)c([N+](=O)[O-])c3)cc2s1. The second-order valence-electron chi connectivity index (χ2n) is 6.83. The number of nitrogens with zero attached hydrogens (tertiary/aromatic N) is 3. The number of hydrogen-bond donors (Lipinski definition) is 1. The number of nitro benzene ring substituents is 1. The zero-order valence-corrected chi connectivity index (χ0v) is 17.5. The lowest BCUT2D eigenvalue weighted by Gasteiger charge is -2.28. The van der Waals surface area contributed by atoms with Crippen molar-refractivity contribution in [2.75, 3.05) is 29.6 Å². The van der Waals surface area contributed by atoms with E-state index in [0.29, 0.717) is 11.4 Å². The molecule has 0 saturated carbocycles. The van der Waals surface area contributed by atoms with E-state index in [9.17, 15) is 14.9 Å². The first-order valence-electron chi connectivity index (χ1n) is 9.34. The second kappa shape index (κ2) is 8.38. The highest BCUT2D eigenvalue weighted by Crippen LogP contribution is 2.32. The normalized spacial score (nSPS) is 14.2. The molecule has 1 fully saturated rings. The number of benzene rings is 2. The molecule has 1 saturated heterocycles. The van der Waals surface area contributed by atoms with Crippen LogP contribution in [0.3, 0.4) is 0 Å². The van der Waals surface area contributed by atoms with E-state index in [0.717, 1.165) is 46.9 Å². The Labute approximate surface area is 176 Å². The number of nitro groups is 1. The summed E-state index contributed by atoms with van der Waals surface area (Å²) in [6.45, 7) is 1.61. The van der Waals surface area contributed by atoms with Crippen LogP contribution in [-0.4, -0.2) is 35.2 Å². The van der Waals surface area contributed by atoms with Crippen LogP contribution in [-0.2, 0) is 0 Å². The summed E-state index contributed by atoms with van der Waals surface area (Å²) in [7, 11) is 0. The van der Waals surface area contributed by atoms with E-state index in [1.165, 1.54) is 6.07 Å². The van der Waals surface area contributed by atoms with E-state index in [1.807, 2.05) is 23.3 Å². The average Bonchev–Trinajstić information content (AvgIpc) is 3.16. The highest BCUT2D eigenvalue weighted by Gasteiger charge is 2.23. The quantitative estimate of drug-likeness (QED) is 0.343. The highest BCUT2D eigenvalue weighted by molar-refractivity contribution is 8.00. The fourth-order valence-electron chi connectivity index (χ4n) is 3.48. The molecule has 1 aliphatic rings. The number of hydrogen-bond acceptors (Lipinski definition) is 7. The Morgan fingerprint density at radius 1 is 1.21 bits per heavy atom. The molecule has 0 spiro atoms. The maximum atomic E-state index is 12.7. The molecular weight excluding hydrogens is 408 g/mol. The number of carbonyl (C=O) groups is 1. The summed E-state index contributed by atoms with van der Waals surface area (Å²) in [6.07, 6.45) is 5.17. The van der Waals surface area contributed by atoms with Crippen LogP contribution in [0.25, 0.3) is 10.2 Å². The van der Waals surface area contributed by atoms with E-state index in [1.54, 1.807) is 41.3 Å². The minimum atomic E-state index is -0.409. The van der Waals surface area contributed by atoms with Crippen LogP contribution in [0.15, 0.2) is 40.7 Å². The fourth-order valence-corrected chi connectivity index (χ4v) is 5.01. The lowest BCUT2D eigenvalue weighted by molar-refractivity contribution is -0.384. The Hall–Kier alpha value is -2.65. The zero-order valence-electron chi connectivity index (χ0n) is 15.9. The second-order valence-corrected chi connectivity index (χ2v) is 8.91. The van der Waals surface area contributed by atoms with Crippen molar-refractivity contribution >= 4 is 56.3 Å². The van der Waals surface area contributed by atoms with Gasteiger partial charge >= 0.3 is 0 Å². The lowest BCUT2D eigenvalue weighted by Crippen LogP contribution is -2.30. The molecule has 150 valence electrons. The number of fused-ring (bicyclic) bond motifs is 1. The van der Waals surface area contributed by atoms with Crippen molar-refractivity contribution in [2.24, 2.45) is 0 Å². The Morgan fingerprint density at radius 2 is 2.00 bits per heavy atom. The predicted octanol–water partition coefficient (Wildman–Crippen LogP) is 5.17. The van der Waals surface area contributed by atoms with Gasteiger partial charge in [0.1, 0.15) is 5.69 Å². The van der Waals surface area contributed by atoms with Gasteiger partial charge < -0.3 is 10.2 Å². The van der Waals surface area contributed by atoms with Crippen LogP contribution in [0, 0.1) is 10.1 Å². The van der Waals surface area contributed by atoms with Gasteiger partial charge in [-0.25, -0.2) is 4.98 Å². The molecule has 7 nitrogen and oxygen atoms in total. The largest absolute Gasteiger partial charge is 0.366 e. The molecule has 2 heterocycles. The molecule has 0 atom stereocenters. The van der Waals surface area contributed by atoms with Gasteiger partial charge in [0.2, 0.25) is 0 Å². The van der Waals surface area contributed by atoms with Crippen molar-refractivity contribution in [2.45, 2.75) is 23.6 Å². The zero-order chi connectivity index (χ0) is 20.4. The van der Waals surface area contributed by atoms with E-state index in [4.69, 9.17) is 0 Å². The van der Waals surface area contributed by atoms with Gasteiger partial charge in [0.25, 0.3) is 11.6 Å². The van der Waals surface area contributed by atoms with Crippen molar-refractivity contribution < 1.29 is 9.72 Å². The fraction of sp³-hybridized carbons (Fsp3) is 0.300. The minimum Gasteiger partial charge on any atom is -0.366 e. The molecule has 0 aliphatic carbocycles. The summed E-state index contributed by atoms with van der Waals surface area (Å²) in [5, 5.41) is 14.5. The van der Waals surface area contributed by atoms with Gasteiger partial charge in [-0.15, -0.1) is 11.3 Å². The van der Waals surface area contributed by atoms with Crippen LogP contribution < -0.4 is 10.2 Å². The third-order valence-corrected chi connectivity index (χ3v) is 6.94. The predicted molar refractivity (Wildman–Crippen MR) is 119 cm³/mol. The molecule has 0 unspecified atom stereocenters. The molecule has 1 N–H and O–H groups in total. The van der Waals surface area contributed by atoms with Crippen LogP contribution in [0.1, 0.15) is 29.6 Å². The number of thiazole rings is 1. The number of rotatable bonds is 5. The van der Waals surface area contributed by atoms with Gasteiger partial charge in [-0.1, -0.05) is 11.8 Å². The first-order valence-corrected chi connectivity index (χ1v) is 11.4. The summed E-state index contributed by atoms with van der Waals surface area (Å²) >= 11 is 3.14. The molecule has 1 aliphatic heterocycles. The number of amides is 1. The van der Waals surface area contributed by atoms with Crippen LogP contribution in [0.5, 0.6) is 0 Å². The van der Waals surface area contributed by atoms with E-state index < -0.39 is 4.92 Å².